The summed E-state index contributed by atoms with van der Waals surface area (Å²) in [5.41, 5.74) is -3.26. The number of benzene rings is 1. The minimum Gasteiger partial charge on any atom is -0.863 e. The Kier molecular flexibility index (Phi) is 4.83. The van der Waals surface area contributed by atoms with E-state index in [0.29, 0.717) is 12.1 Å². The van der Waals surface area contributed by atoms with E-state index >= 15 is 0 Å². The molecule has 14 heteroatoms. The third-order valence-electron chi connectivity index (χ3n) is 2.11. The van der Waals surface area contributed by atoms with E-state index in [1.807, 2.05) is 0 Å². The lowest BCUT2D eigenvalue weighted by molar-refractivity contribution is -0.700. The van der Waals surface area contributed by atoms with E-state index in [0.717, 1.165) is 0 Å². The summed E-state index contributed by atoms with van der Waals surface area (Å²) < 4.78 is 0. The number of nitro groups is 3. The molecule has 0 aliphatic carbocycles. The summed E-state index contributed by atoms with van der Waals surface area (Å²) in [6.07, 6.45) is 3.18. The number of hydrogen-bond donors (Lipinski definition) is 2. The molecule has 1 aromatic heterocycles. The van der Waals surface area contributed by atoms with E-state index in [1.54, 1.807) is 12.4 Å². The summed E-state index contributed by atoms with van der Waals surface area (Å²) in [5.74, 6) is 3.62. The molecule has 0 fully saturated rings. The van der Waals surface area contributed by atoms with E-state index in [4.69, 9.17) is 5.84 Å². The number of nitrogens with one attached hydrogen (secondary N) is 1. The van der Waals surface area contributed by atoms with Crippen molar-refractivity contribution in [3.05, 3.63) is 54.9 Å². The second kappa shape index (κ2) is 6.55. The number of rotatable bonds is 3. The Morgan fingerprint density at radius 2 is 1.55 bits per heavy atom. The number of H-pyrrole nitrogens is 1. The van der Waals surface area contributed by atoms with Gasteiger partial charge in [-0.05, 0) is 5.21 Å². The van der Waals surface area contributed by atoms with E-state index < -0.39 is 37.6 Å². The van der Waals surface area contributed by atoms with Crippen molar-refractivity contribution in [2.24, 2.45) is 0 Å². The average Bonchev–Trinajstić information content (AvgIpc) is 2.89. The Balaban J connectivity index is 0.000000335. The summed E-state index contributed by atoms with van der Waals surface area (Å²) in [6.45, 7) is 0. The number of nitrogen functional groups attached to an aromatic ring is 1. The topological polar surface area (TPSA) is 211 Å². The molecule has 1 aromatic carbocycles. The second-order valence-corrected chi connectivity index (χ2v) is 3.52. The van der Waals surface area contributed by atoms with Crippen molar-refractivity contribution < 1.29 is 24.7 Å². The molecule has 0 unspecified atom stereocenters. The molecule has 3 N–H and O–H groups in total. The zero-order valence-corrected chi connectivity index (χ0v) is 10.5. The molecule has 0 atom stereocenters. The van der Waals surface area contributed by atoms with Gasteiger partial charge in [-0.25, -0.2) is 0 Å². The van der Waals surface area contributed by atoms with Crippen molar-refractivity contribution in [1.29, 1.82) is 0 Å². The fraction of sp³-hybridized carbons (Fsp3) is 0. The van der Waals surface area contributed by atoms with Crippen LogP contribution in [0.4, 0.5) is 17.1 Å². The fourth-order valence-electron chi connectivity index (χ4n) is 1.20. The molecule has 2 aromatic rings. The first-order valence-corrected chi connectivity index (χ1v) is 5.18. The highest BCUT2D eigenvalue weighted by molar-refractivity contribution is 5.63. The Hall–Kier alpha value is -3.84. The van der Waals surface area contributed by atoms with Gasteiger partial charge in [0.05, 0.1) is 32.7 Å². The van der Waals surface area contributed by atoms with Gasteiger partial charge in [0.25, 0.3) is 17.1 Å². The molecule has 1 heterocycles. The van der Waals surface area contributed by atoms with E-state index in [-0.39, 0.29) is 0 Å². The number of nitrogens with two attached hydrogens (primary N) is 1. The second-order valence-electron chi connectivity index (χ2n) is 3.52. The third-order valence-corrected chi connectivity index (χ3v) is 2.11. The minimum absolute atomic E-state index is 0.384. The molecule has 116 valence electrons. The molecule has 0 amide bonds. The van der Waals surface area contributed by atoms with Crippen molar-refractivity contribution in [2.75, 3.05) is 5.84 Å². The number of non-ortho nitro benzene ring substituents is 1. The first kappa shape index (κ1) is 16.2. The Bertz CT molecular complexity index is 679. The maximum absolute atomic E-state index is 11.1. The van der Waals surface area contributed by atoms with Gasteiger partial charge in [0.15, 0.2) is 6.20 Å². The average molecular weight is 313 g/mol. The smallest absolute Gasteiger partial charge is 0.283 e. The van der Waals surface area contributed by atoms with Crippen LogP contribution in [0.25, 0.3) is 0 Å². The van der Waals surface area contributed by atoms with Gasteiger partial charge in [-0.1, -0.05) is 4.79 Å². The normalized spacial score (nSPS) is 9.45. The standard InChI is InChI=1S/C6H3N3O7.C2H4N4/c10-6-4(8(13)14)1-3(7(11)12)2-5(6)9(15)16;3-6-2-1-4-5-6/h1-2,10H;1-2H,3H2. The third kappa shape index (κ3) is 3.83. The van der Waals surface area contributed by atoms with Gasteiger partial charge in [0, 0.05) is 5.10 Å². The minimum atomic E-state index is -1.46. The molecule has 0 saturated carbocycles. The molecule has 0 aliphatic rings. The van der Waals surface area contributed by atoms with Crippen LogP contribution < -0.4 is 15.7 Å². The predicted octanol–water partition coefficient (Wildman–Crippen LogP) is -1.10. The quantitative estimate of drug-likeness (QED) is 0.304. The van der Waals surface area contributed by atoms with Gasteiger partial charge in [0.1, 0.15) is 0 Å². The van der Waals surface area contributed by atoms with Gasteiger partial charge in [-0.2, -0.15) is 0 Å². The summed E-state index contributed by atoms with van der Waals surface area (Å²) in [5, 5.41) is 48.1. The molecule has 22 heavy (non-hydrogen) atoms. The first-order chi connectivity index (χ1) is 10.2. The zero-order valence-electron chi connectivity index (χ0n) is 10.5. The van der Waals surface area contributed by atoms with E-state index in [9.17, 15) is 35.4 Å². The lowest BCUT2D eigenvalue weighted by Crippen LogP contribution is -2.45. The lowest BCUT2D eigenvalue weighted by Gasteiger charge is -2.06. The molecule has 0 aliphatic heterocycles. The predicted molar refractivity (Wildman–Crippen MR) is 64.8 cm³/mol. The molecular weight excluding hydrogens is 306 g/mol. The fourth-order valence-corrected chi connectivity index (χ4v) is 1.20. The van der Waals surface area contributed by atoms with Crippen molar-refractivity contribution >= 4 is 17.1 Å². The Labute approximate surface area is 119 Å². The maximum Gasteiger partial charge on any atom is 0.283 e. The SMILES string of the molecule is N[n+]1ccn[nH]1.O=[N+]([O-])c1cc([N+](=O)[O-])c([O-])c([N+](=O)[O-])c1. The molecular formula is C8H7N7O7. The van der Waals surface area contributed by atoms with Crippen molar-refractivity contribution in [2.45, 2.75) is 0 Å². The molecule has 0 bridgehead atoms. The first-order valence-electron chi connectivity index (χ1n) is 5.18. The van der Waals surface area contributed by atoms with Crippen LogP contribution in [0.5, 0.6) is 5.75 Å². The molecule has 0 saturated heterocycles. The van der Waals surface area contributed by atoms with E-state index in [1.165, 1.54) is 4.79 Å². The van der Waals surface area contributed by atoms with Crippen LogP contribution in [0.2, 0.25) is 0 Å². The number of hydrogen-bond acceptors (Lipinski definition) is 9. The Morgan fingerprint density at radius 3 is 1.77 bits per heavy atom. The van der Waals surface area contributed by atoms with Gasteiger partial charge >= 0.3 is 0 Å². The van der Waals surface area contributed by atoms with Crippen LogP contribution in [0.3, 0.4) is 0 Å². The highest BCUT2D eigenvalue weighted by atomic mass is 16.6. The van der Waals surface area contributed by atoms with Crippen LogP contribution in [-0.2, 0) is 0 Å². The van der Waals surface area contributed by atoms with Gasteiger partial charge in [-0.15, -0.1) is 0 Å². The summed E-state index contributed by atoms with van der Waals surface area (Å²) in [7, 11) is 0. The highest BCUT2D eigenvalue weighted by Crippen LogP contribution is 2.36. The van der Waals surface area contributed by atoms with E-state index in [2.05, 4.69) is 10.3 Å². The molecule has 2 rings (SSSR count). The van der Waals surface area contributed by atoms with Crippen LogP contribution in [0.1, 0.15) is 0 Å². The van der Waals surface area contributed by atoms with Crippen molar-refractivity contribution in [3.63, 3.8) is 0 Å². The number of aromatic amines is 1. The summed E-state index contributed by atoms with van der Waals surface area (Å²) in [4.78, 5) is 28.8. The largest absolute Gasteiger partial charge is 0.863 e. The van der Waals surface area contributed by atoms with Crippen molar-refractivity contribution in [3.8, 4) is 5.75 Å². The van der Waals surface area contributed by atoms with Crippen LogP contribution in [0.15, 0.2) is 24.5 Å². The van der Waals surface area contributed by atoms with Crippen molar-refractivity contribution in [1.82, 2.24) is 10.3 Å². The number of aromatic nitrogens is 3. The summed E-state index contributed by atoms with van der Waals surface area (Å²) in [6, 6.07) is 0.769. The number of nitrogens with zero attached hydrogens (tertiary/aromatic N) is 5. The highest BCUT2D eigenvalue weighted by Gasteiger charge is 2.24. The lowest BCUT2D eigenvalue weighted by atomic mass is 10.2. The molecule has 0 radical (unpaired) electrons. The Morgan fingerprint density at radius 1 is 1.05 bits per heavy atom. The van der Waals surface area contributed by atoms with Crippen LogP contribution in [0, 0.1) is 30.3 Å². The van der Waals surface area contributed by atoms with Gasteiger partial charge in [-0.3, -0.25) is 36.2 Å². The monoisotopic (exact) mass is 313 g/mol. The summed E-state index contributed by atoms with van der Waals surface area (Å²) >= 11 is 0. The van der Waals surface area contributed by atoms with Gasteiger partial charge < -0.3 is 5.11 Å². The maximum atomic E-state index is 11.1. The molecule has 14 nitrogen and oxygen atoms in total. The van der Waals surface area contributed by atoms with Crippen LogP contribution in [-0.4, -0.2) is 25.1 Å². The van der Waals surface area contributed by atoms with Gasteiger partial charge in [0.2, 0.25) is 6.20 Å². The number of nitro benzene ring substituents is 3. The van der Waals surface area contributed by atoms with Crippen LogP contribution >= 0.6 is 0 Å². The molecule has 0 spiro atoms. The zero-order chi connectivity index (χ0) is 16.9.